The van der Waals surface area contributed by atoms with Crippen LogP contribution in [0.1, 0.15) is 48.5 Å². The van der Waals surface area contributed by atoms with Crippen molar-refractivity contribution in [3.8, 4) is 16.9 Å². The van der Waals surface area contributed by atoms with Crippen LogP contribution in [0, 0.1) is 6.92 Å². The number of aryl methyl sites for hydroxylation is 1. The minimum absolute atomic E-state index is 0.178. The van der Waals surface area contributed by atoms with Gasteiger partial charge in [-0.05, 0) is 38.8 Å². The summed E-state index contributed by atoms with van der Waals surface area (Å²) in [5, 5.41) is 7.63. The largest absolute Gasteiger partial charge is 0.449 e. The third kappa shape index (κ3) is 4.85. The van der Waals surface area contributed by atoms with Gasteiger partial charge in [0, 0.05) is 17.8 Å². The van der Waals surface area contributed by atoms with Crippen molar-refractivity contribution >= 4 is 11.9 Å². The van der Waals surface area contributed by atoms with Gasteiger partial charge in [0.2, 0.25) is 0 Å². The van der Waals surface area contributed by atoms with Gasteiger partial charge in [-0.3, -0.25) is 4.79 Å². The van der Waals surface area contributed by atoms with E-state index in [0.717, 1.165) is 42.5 Å². The summed E-state index contributed by atoms with van der Waals surface area (Å²) in [5.41, 5.74) is 3.62. The van der Waals surface area contributed by atoms with E-state index in [0.29, 0.717) is 11.3 Å². The molecule has 4 rings (SSSR count). The zero-order valence-corrected chi connectivity index (χ0v) is 17.9. The first-order valence-electron chi connectivity index (χ1n) is 10.7. The highest BCUT2D eigenvalue weighted by Gasteiger charge is 2.26. The lowest BCUT2D eigenvalue weighted by molar-refractivity contribution is -0.129. The van der Waals surface area contributed by atoms with Crippen molar-refractivity contribution in [3.05, 3.63) is 71.9 Å². The molecule has 1 saturated carbocycles. The number of hydrogen-bond acceptors (Lipinski definition) is 4. The molecule has 6 heteroatoms. The highest BCUT2D eigenvalue weighted by molar-refractivity contribution is 5.97. The van der Waals surface area contributed by atoms with Crippen LogP contribution >= 0.6 is 0 Å². The van der Waals surface area contributed by atoms with Gasteiger partial charge in [-0.25, -0.2) is 9.48 Å². The van der Waals surface area contributed by atoms with E-state index in [1.165, 1.54) is 0 Å². The molecule has 1 atom stereocenters. The van der Waals surface area contributed by atoms with Crippen LogP contribution in [0.2, 0.25) is 0 Å². The van der Waals surface area contributed by atoms with Crippen molar-refractivity contribution in [2.24, 2.45) is 0 Å². The van der Waals surface area contributed by atoms with Gasteiger partial charge in [0.25, 0.3) is 5.91 Å². The highest BCUT2D eigenvalue weighted by Crippen LogP contribution is 2.25. The Kier molecular flexibility index (Phi) is 6.16. The number of carbonyl (C=O) groups is 2. The molecule has 2 aromatic carbocycles. The standard InChI is InChI=1S/C25H27N3O3/c1-17-12-14-19(15-13-17)23-22(16-28(27-23)21-10-4-3-5-11-21)25(30)31-18(2)24(29)26-20-8-6-7-9-20/h3-5,10-16,18,20H,6-9H2,1-2H3,(H,26,29)/t18-/m0/s1. The first kappa shape index (κ1) is 20.8. The lowest BCUT2D eigenvalue weighted by Gasteiger charge is -2.17. The third-order valence-electron chi connectivity index (χ3n) is 5.63. The number of hydrogen-bond donors (Lipinski definition) is 1. The van der Waals surface area contributed by atoms with Crippen molar-refractivity contribution in [1.29, 1.82) is 0 Å². The van der Waals surface area contributed by atoms with Gasteiger partial charge in [-0.2, -0.15) is 5.10 Å². The second kappa shape index (κ2) is 9.16. The molecule has 3 aromatic rings. The highest BCUT2D eigenvalue weighted by atomic mass is 16.5. The zero-order chi connectivity index (χ0) is 21.8. The summed E-state index contributed by atoms with van der Waals surface area (Å²) >= 11 is 0. The molecule has 160 valence electrons. The van der Waals surface area contributed by atoms with Gasteiger partial charge in [0.15, 0.2) is 6.10 Å². The fraction of sp³-hybridized carbons (Fsp3) is 0.320. The predicted octanol–water partition coefficient (Wildman–Crippen LogP) is 4.45. The summed E-state index contributed by atoms with van der Waals surface area (Å²) in [4.78, 5) is 25.5. The molecule has 0 saturated heterocycles. The lowest BCUT2D eigenvalue weighted by atomic mass is 10.1. The Balaban J connectivity index is 1.59. The number of nitrogens with zero attached hydrogens (tertiary/aromatic N) is 2. The molecule has 6 nitrogen and oxygen atoms in total. The average Bonchev–Trinajstić information content (AvgIpc) is 3.45. The number of aromatic nitrogens is 2. The van der Waals surface area contributed by atoms with Crippen LogP contribution < -0.4 is 5.32 Å². The first-order chi connectivity index (χ1) is 15.0. The van der Waals surface area contributed by atoms with E-state index in [9.17, 15) is 9.59 Å². The normalized spacial score (nSPS) is 14.9. The van der Waals surface area contributed by atoms with Gasteiger partial charge < -0.3 is 10.1 Å². The zero-order valence-electron chi connectivity index (χ0n) is 17.9. The van der Waals surface area contributed by atoms with Crippen LogP contribution in [-0.4, -0.2) is 33.8 Å². The van der Waals surface area contributed by atoms with E-state index < -0.39 is 12.1 Å². The van der Waals surface area contributed by atoms with Gasteiger partial charge in [-0.1, -0.05) is 60.9 Å². The molecule has 1 fully saturated rings. The van der Waals surface area contributed by atoms with Crippen LogP contribution in [0.4, 0.5) is 0 Å². The van der Waals surface area contributed by atoms with Crippen LogP contribution in [-0.2, 0) is 9.53 Å². The Morgan fingerprint density at radius 3 is 2.42 bits per heavy atom. The Morgan fingerprint density at radius 2 is 1.74 bits per heavy atom. The van der Waals surface area contributed by atoms with E-state index in [4.69, 9.17) is 4.74 Å². The van der Waals surface area contributed by atoms with Crippen molar-refractivity contribution in [1.82, 2.24) is 15.1 Å². The van der Waals surface area contributed by atoms with Gasteiger partial charge in [0.05, 0.1) is 5.69 Å². The Hall–Kier alpha value is -3.41. The SMILES string of the molecule is Cc1ccc(-c2nn(-c3ccccc3)cc2C(=O)O[C@@H](C)C(=O)NC2CCCC2)cc1. The number of para-hydroxylation sites is 1. The molecule has 0 unspecified atom stereocenters. The van der Waals surface area contributed by atoms with Crippen molar-refractivity contribution < 1.29 is 14.3 Å². The van der Waals surface area contributed by atoms with E-state index in [2.05, 4.69) is 10.4 Å². The summed E-state index contributed by atoms with van der Waals surface area (Å²) in [6, 6.07) is 17.6. The second-order valence-corrected chi connectivity index (χ2v) is 8.08. The molecular weight excluding hydrogens is 390 g/mol. The van der Waals surface area contributed by atoms with E-state index in [-0.39, 0.29) is 11.9 Å². The summed E-state index contributed by atoms with van der Waals surface area (Å²) < 4.78 is 7.20. The lowest BCUT2D eigenvalue weighted by Crippen LogP contribution is -2.40. The minimum atomic E-state index is -0.876. The topological polar surface area (TPSA) is 73.2 Å². The maximum atomic E-state index is 13.0. The average molecular weight is 418 g/mol. The van der Waals surface area contributed by atoms with E-state index in [1.54, 1.807) is 17.8 Å². The maximum Gasteiger partial charge on any atom is 0.342 e. The minimum Gasteiger partial charge on any atom is -0.449 e. The quantitative estimate of drug-likeness (QED) is 0.602. The number of ether oxygens (including phenoxy) is 1. The van der Waals surface area contributed by atoms with Crippen molar-refractivity contribution in [2.45, 2.75) is 51.7 Å². The first-order valence-corrected chi connectivity index (χ1v) is 10.7. The number of rotatable bonds is 6. The third-order valence-corrected chi connectivity index (χ3v) is 5.63. The predicted molar refractivity (Wildman–Crippen MR) is 119 cm³/mol. The monoisotopic (exact) mass is 417 g/mol. The van der Waals surface area contributed by atoms with Crippen LogP contribution in [0.15, 0.2) is 60.8 Å². The molecule has 1 aliphatic rings. The number of carbonyl (C=O) groups excluding carboxylic acids is 2. The maximum absolute atomic E-state index is 13.0. The fourth-order valence-electron chi connectivity index (χ4n) is 3.83. The summed E-state index contributed by atoms with van der Waals surface area (Å²) in [7, 11) is 0. The van der Waals surface area contributed by atoms with Crippen molar-refractivity contribution in [2.75, 3.05) is 0 Å². The van der Waals surface area contributed by atoms with Crippen LogP contribution in [0.25, 0.3) is 16.9 Å². The Labute approximate surface area is 182 Å². The fourth-order valence-corrected chi connectivity index (χ4v) is 3.83. The molecule has 31 heavy (non-hydrogen) atoms. The Bertz CT molecular complexity index is 1050. The molecule has 1 aliphatic carbocycles. The van der Waals surface area contributed by atoms with Gasteiger partial charge in [-0.15, -0.1) is 0 Å². The Morgan fingerprint density at radius 1 is 1.06 bits per heavy atom. The molecule has 1 aromatic heterocycles. The van der Waals surface area contributed by atoms with Crippen LogP contribution in [0.5, 0.6) is 0 Å². The van der Waals surface area contributed by atoms with Crippen molar-refractivity contribution in [3.63, 3.8) is 0 Å². The molecular formula is C25H27N3O3. The summed E-state index contributed by atoms with van der Waals surface area (Å²) in [6.45, 7) is 3.61. The molecule has 0 aliphatic heterocycles. The summed E-state index contributed by atoms with van der Waals surface area (Å²) in [6.07, 6.45) is 4.99. The van der Waals surface area contributed by atoms with Gasteiger partial charge >= 0.3 is 5.97 Å². The molecule has 1 heterocycles. The summed E-state index contributed by atoms with van der Waals surface area (Å²) in [5.74, 6) is -0.820. The molecule has 0 radical (unpaired) electrons. The van der Waals surface area contributed by atoms with E-state index >= 15 is 0 Å². The molecule has 1 amide bonds. The number of nitrogens with one attached hydrogen (secondary N) is 1. The molecule has 0 bridgehead atoms. The second-order valence-electron chi connectivity index (χ2n) is 8.08. The number of benzene rings is 2. The van der Waals surface area contributed by atoms with Gasteiger partial charge in [0.1, 0.15) is 11.3 Å². The molecule has 1 N–H and O–H groups in total. The number of amides is 1. The van der Waals surface area contributed by atoms with E-state index in [1.807, 2.05) is 61.5 Å². The van der Waals surface area contributed by atoms with Crippen LogP contribution in [0.3, 0.4) is 0 Å². The molecule has 0 spiro atoms. The smallest absolute Gasteiger partial charge is 0.342 e. The number of esters is 1.